The number of aryl methyl sites for hydroxylation is 1. The molecule has 158 valence electrons. The molecule has 3 aromatic carbocycles. The first-order chi connectivity index (χ1) is 15.6. The smallest absolute Gasteiger partial charge is 0.209 e. The van der Waals surface area contributed by atoms with E-state index in [1.54, 1.807) is 18.3 Å². The Balaban J connectivity index is 1.54. The molecule has 0 aliphatic carbocycles. The molecule has 0 bridgehead atoms. The fourth-order valence-corrected chi connectivity index (χ4v) is 4.45. The number of fused-ring (bicyclic) bond motifs is 1. The number of anilines is 4. The van der Waals surface area contributed by atoms with Crippen molar-refractivity contribution in [2.45, 2.75) is 6.92 Å². The lowest BCUT2D eigenvalue weighted by molar-refractivity contribution is 0.104. The number of H-pyrrole nitrogens is 1. The number of aromatic nitrogens is 2. The molecule has 5 nitrogen and oxygen atoms in total. The molecule has 0 amide bonds. The van der Waals surface area contributed by atoms with E-state index >= 15 is 0 Å². The lowest BCUT2D eigenvalue weighted by atomic mass is 10.1. The summed E-state index contributed by atoms with van der Waals surface area (Å²) in [5.74, 6) is 0.413. The fourth-order valence-electron chi connectivity index (χ4n) is 3.42. The molecule has 0 unspecified atom stereocenters. The van der Waals surface area contributed by atoms with Gasteiger partial charge in [0.15, 0.2) is 10.9 Å². The van der Waals surface area contributed by atoms with Crippen molar-refractivity contribution >= 4 is 61.9 Å². The zero-order valence-corrected chi connectivity index (χ0v) is 18.7. The Hall–Kier alpha value is -3.61. The monoisotopic (exact) mass is 458 g/mol. The highest BCUT2D eigenvalue weighted by atomic mass is 35.5. The molecule has 7 heteroatoms. The van der Waals surface area contributed by atoms with Crippen LogP contribution in [0.1, 0.15) is 20.8 Å². The molecule has 0 radical (unpaired) electrons. The molecule has 5 rings (SSSR count). The standard InChI is InChI=1S/C25H19ClN4OS/c1-15-6-10-18(11-7-15)29-25-30-24(28-17-12-8-16(26)9-13-17)23(32-25)22(31)20-14-27-21-5-3-2-4-19(20)21/h2-14,27-28H,1H3,(H,29,30). The summed E-state index contributed by atoms with van der Waals surface area (Å²) in [5, 5.41) is 8.75. The maximum Gasteiger partial charge on any atom is 0.209 e. The van der Waals surface area contributed by atoms with Crippen molar-refractivity contribution < 1.29 is 4.79 Å². The first kappa shape index (κ1) is 20.3. The van der Waals surface area contributed by atoms with Gasteiger partial charge in [0, 0.05) is 39.1 Å². The summed E-state index contributed by atoms with van der Waals surface area (Å²) in [7, 11) is 0. The Kier molecular flexibility index (Phi) is 5.39. The number of hydrogen-bond acceptors (Lipinski definition) is 5. The van der Waals surface area contributed by atoms with Crippen molar-refractivity contribution in [3.63, 3.8) is 0 Å². The zero-order chi connectivity index (χ0) is 22.1. The number of aromatic amines is 1. The maximum atomic E-state index is 13.6. The number of benzene rings is 3. The molecule has 0 saturated carbocycles. The molecule has 2 aromatic heterocycles. The summed E-state index contributed by atoms with van der Waals surface area (Å²) in [6, 6.07) is 23.1. The molecule has 0 spiro atoms. The molecule has 0 aliphatic heterocycles. The van der Waals surface area contributed by atoms with Crippen LogP contribution in [-0.2, 0) is 0 Å². The number of carbonyl (C=O) groups is 1. The SMILES string of the molecule is Cc1ccc(Nc2nc(Nc3ccc(Cl)cc3)c(C(=O)c3c[nH]c4ccccc34)s2)cc1. The van der Waals surface area contributed by atoms with Crippen molar-refractivity contribution in [1.29, 1.82) is 0 Å². The van der Waals surface area contributed by atoms with Crippen molar-refractivity contribution in [3.05, 3.63) is 100 Å². The molecule has 32 heavy (non-hydrogen) atoms. The van der Waals surface area contributed by atoms with Gasteiger partial charge in [0.05, 0.1) is 0 Å². The predicted octanol–water partition coefficient (Wildman–Crippen LogP) is 7.30. The van der Waals surface area contributed by atoms with Crippen LogP contribution in [0.3, 0.4) is 0 Å². The summed E-state index contributed by atoms with van der Waals surface area (Å²) >= 11 is 7.34. The average Bonchev–Trinajstić information content (AvgIpc) is 3.41. The van der Waals surface area contributed by atoms with E-state index < -0.39 is 0 Å². The molecule has 5 aromatic rings. The number of thiazole rings is 1. The number of ketones is 1. The number of rotatable bonds is 6. The Labute approximate surface area is 194 Å². The van der Waals surface area contributed by atoms with Gasteiger partial charge in [-0.1, -0.05) is 58.8 Å². The minimum atomic E-state index is -0.0895. The van der Waals surface area contributed by atoms with E-state index in [4.69, 9.17) is 11.6 Å². The molecule has 0 atom stereocenters. The Morgan fingerprint density at radius 3 is 2.41 bits per heavy atom. The van der Waals surface area contributed by atoms with E-state index in [1.807, 2.05) is 67.6 Å². The largest absolute Gasteiger partial charge is 0.360 e. The third-order valence-electron chi connectivity index (χ3n) is 5.08. The lowest BCUT2D eigenvalue weighted by Gasteiger charge is -2.06. The van der Waals surface area contributed by atoms with Gasteiger partial charge in [-0.2, -0.15) is 0 Å². The van der Waals surface area contributed by atoms with Crippen LogP contribution in [0.2, 0.25) is 5.02 Å². The Bertz CT molecular complexity index is 1400. The number of hydrogen-bond donors (Lipinski definition) is 3. The average molecular weight is 459 g/mol. The van der Waals surface area contributed by atoms with Crippen LogP contribution in [0.5, 0.6) is 0 Å². The van der Waals surface area contributed by atoms with Crippen LogP contribution in [0.4, 0.5) is 22.3 Å². The minimum Gasteiger partial charge on any atom is -0.360 e. The van der Waals surface area contributed by atoms with Gasteiger partial charge in [0.1, 0.15) is 4.88 Å². The highest BCUT2D eigenvalue weighted by molar-refractivity contribution is 7.18. The summed E-state index contributed by atoms with van der Waals surface area (Å²) in [5.41, 5.74) is 4.42. The van der Waals surface area contributed by atoms with E-state index in [-0.39, 0.29) is 5.78 Å². The topological polar surface area (TPSA) is 69.8 Å². The first-order valence-electron chi connectivity index (χ1n) is 10.0. The summed E-state index contributed by atoms with van der Waals surface area (Å²) in [6.07, 6.45) is 1.76. The van der Waals surface area contributed by atoms with Crippen LogP contribution >= 0.6 is 22.9 Å². The van der Waals surface area contributed by atoms with E-state index in [9.17, 15) is 4.79 Å². The molecule has 0 saturated heterocycles. The van der Waals surface area contributed by atoms with E-state index in [0.29, 0.717) is 26.4 Å². The number of carbonyl (C=O) groups excluding carboxylic acids is 1. The fraction of sp³-hybridized carbons (Fsp3) is 0.0400. The third-order valence-corrected chi connectivity index (χ3v) is 6.30. The lowest BCUT2D eigenvalue weighted by Crippen LogP contribution is -2.02. The number of para-hydroxylation sites is 1. The van der Waals surface area contributed by atoms with Gasteiger partial charge < -0.3 is 15.6 Å². The van der Waals surface area contributed by atoms with Crippen molar-refractivity contribution in [1.82, 2.24) is 9.97 Å². The van der Waals surface area contributed by atoms with E-state index in [0.717, 1.165) is 22.3 Å². The second-order valence-corrected chi connectivity index (χ2v) is 8.83. The predicted molar refractivity (Wildman–Crippen MR) is 133 cm³/mol. The van der Waals surface area contributed by atoms with Crippen molar-refractivity contribution in [2.24, 2.45) is 0 Å². The normalized spacial score (nSPS) is 10.9. The van der Waals surface area contributed by atoms with Crippen molar-refractivity contribution in [2.75, 3.05) is 10.6 Å². The summed E-state index contributed by atoms with van der Waals surface area (Å²) < 4.78 is 0. The van der Waals surface area contributed by atoms with Crippen molar-refractivity contribution in [3.8, 4) is 0 Å². The van der Waals surface area contributed by atoms with Gasteiger partial charge >= 0.3 is 0 Å². The van der Waals surface area contributed by atoms with Crippen LogP contribution in [-0.4, -0.2) is 15.8 Å². The van der Waals surface area contributed by atoms with Crippen LogP contribution in [0, 0.1) is 6.92 Å². The molecule has 0 aliphatic rings. The van der Waals surface area contributed by atoms with Crippen LogP contribution < -0.4 is 10.6 Å². The second kappa shape index (κ2) is 8.49. The molecular formula is C25H19ClN4OS. The van der Waals surface area contributed by atoms with E-state index in [1.165, 1.54) is 16.9 Å². The quantitative estimate of drug-likeness (QED) is 0.233. The summed E-state index contributed by atoms with van der Waals surface area (Å²) in [6.45, 7) is 2.04. The number of halogens is 1. The van der Waals surface area contributed by atoms with Crippen LogP contribution in [0.25, 0.3) is 10.9 Å². The Morgan fingerprint density at radius 1 is 0.938 bits per heavy atom. The van der Waals surface area contributed by atoms with Crippen LogP contribution in [0.15, 0.2) is 79.0 Å². The summed E-state index contributed by atoms with van der Waals surface area (Å²) in [4.78, 5) is 22.0. The van der Waals surface area contributed by atoms with Gasteiger partial charge in [-0.25, -0.2) is 4.98 Å². The highest BCUT2D eigenvalue weighted by Gasteiger charge is 2.22. The van der Waals surface area contributed by atoms with Gasteiger partial charge in [0.25, 0.3) is 0 Å². The van der Waals surface area contributed by atoms with Gasteiger partial charge in [-0.3, -0.25) is 4.79 Å². The molecular weight excluding hydrogens is 440 g/mol. The molecule has 2 heterocycles. The zero-order valence-electron chi connectivity index (χ0n) is 17.1. The van der Waals surface area contributed by atoms with Gasteiger partial charge in [0.2, 0.25) is 5.78 Å². The number of nitrogens with zero attached hydrogens (tertiary/aromatic N) is 1. The third kappa shape index (κ3) is 4.10. The van der Waals surface area contributed by atoms with Gasteiger partial charge in [-0.15, -0.1) is 0 Å². The van der Waals surface area contributed by atoms with Gasteiger partial charge in [-0.05, 0) is 49.4 Å². The Morgan fingerprint density at radius 2 is 1.62 bits per heavy atom. The maximum absolute atomic E-state index is 13.6. The second-order valence-electron chi connectivity index (χ2n) is 7.40. The van der Waals surface area contributed by atoms with E-state index in [2.05, 4.69) is 20.6 Å². The first-order valence-corrected chi connectivity index (χ1v) is 11.2. The minimum absolute atomic E-state index is 0.0895. The molecule has 3 N–H and O–H groups in total. The molecule has 0 fully saturated rings. The highest BCUT2D eigenvalue weighted by Crippen LogP contribution is 2.34. The number of nitrogens with one attached hydrogen (secondary N) is 3.